The summed E-state index contributed by atoms with van der Waals surface area (Å²) in [6.07, 6.45) is 2.34. The molecule has 2 aliphatic rings. The lowest BCUT2D eigenvalue weighted by Crippen LogP contribution is -2.44. The first-order valence-electron chi connectivity index (χ1n) is 10.8. The zero-order valence-electron chi connectivity index (χ0n) is 18.3. The summed E-state index contributed by atoms with van der Waals surface area (Å²) < 4.78 is 33.5. The van der Waals surface area contributed by atoms with Crippen LogP contribution >= 0.6 is 0 Å². The number of para-hydroxylation sites is 1. The molecule has 4 rings (SSSR count). The largest absolute Gasteiger partial charge is 0.493 e. The molecule has 0 radical (unpaired) electrons. The molecule has 0 aromatic heterocycles. The van der Waals surface area contributed by atoms with Crippen molar-refractivity contribution in [1.82, 2.24) is 15.5 Å². The quantitative estimate of drug-likeness (QED) is 0.533. The van der Waals surface area contributed by atoms with Crippen LogP contribution in [0.15, 0.2) is 47.5 Å². The normalized spacial score (nSPS) is 18.9. The van der Waals surface area contributed by atoms with Crippen LogP contribution in [0.5, 0.6) is 5.75 Å². The number of likely N-dealkylation sites (N-methyl/N-ethyl adjacent to an activating group) is 1. The third-order valence-electron chi connectivity index (χ3n) is 6.09. The first-order chi connectivity index (χ1) is 15.4. The number of hydrogen-bond donors (Lipinski definition) is 2. The Hall–Kier alpha value is -3.16. The van der Waals surface area contributed by atoms with E-state index < -0.39 is 17.0 Å². The van der Waals surface area contributed by atoms with Gasteiger partial charge in [-0.25, -0.2) is 13.8 Å². The molecule has 6 nitrogen and oxygen atoms in total. The van der Waals surface area contributed by atoms with Gasteiger partial charge in [-0.2, -0.15) is 0 Å². The zero-order chi connectivity index (χ0) is 22.7. The number of carbonyl (C=O) groups excluding carboxylic acids is 1. The average Bonchev–Trinajstić information content (AvgIpc) is 3.56. The van der Waals surface area contributed by atoms with Gasteiger partial charge < -0.3 is 20.3 Å². The van der Waals surface area contributed by atoms with Gasteiger partial charge in [0.15, 0.2) is 5.96 Å². The number of rotatable bonds is 6. The van der Waals surface area contributed by atoms with E-state index >= 15 is 0 Å². The Labute approximate surface area is 186 Å². The predicted molar refractivity (Wildman–Crippen MR) is 119 cm³/mol. The maximum atomic E-state index is 14.4. The van der Waals surface area contributed by atoms with Gasteiger partial charge in [-0.15, -0.1) is 0 Å². The molecule has 1 amide bonds. The molecular formula is C24H28F2N4O2. The Balaban J connectivity index is 1.51. The van der Waals surface area contributed by atoms with Crippen molar-refractivity contribution in [2.45, 2.75) is 30.7 Å². The molecule has 1 fully saturated rings. The molecule has 1 saturated carbocycles. The zero-order valence-corrected chi connectivity index (χ0v) is 18.3. The Morgan fingerprint density at radius 3 is 2.72 bits per heavy atom. The number of ether oxygens (including phenoxy) is 1. The molecule has 2 aromatic carbocycles. The molecule has 32 heavy (non-hydrogen) atoms. The number of carbonyl (C=O) groups is 1. The number of amides is 1. The lowest BCUT2D eigenvalue weighted by molar-refractivity contribution is -0.127. The summed E-state index contributed by atoms with van der Waals surface area (Å²) in [5.41, 5.74) is 1.13. The average molecular weight is 443 g/mol. The summed E-state index contributed by atoms with van der Waals surface area (Å²) in [6.45, 7) is 0.997. The molecule has 1 aliphatic carbocycles. The van der Waals surface area contributed by atoms with Crippen molar-refractivity contribution in [1.29, 1.82) is 0 Å². The van der Waals surface area contributed by atoms with E-state index in [1.165, 1.54) is 17.0 Å². The standard InChI is InChI=1S/C24H28F2N4O2/c1-30(2)22(31)14-27-23(29-20-9-12-32-21-6-4-3-5-17(20)21)28-15-24(10-11-24)18-8-7-16(25)13-19(18)26/h3-8,13,20H,9-12,14-15H2,1-2H3,(H2,27,28,29). The number of halogens is 2. The summed E-state index contributed by atoms with van der Waals surface area (Å²) >= 11 is 0. The Bertz CT molecular complexity index is 1020. The topological polar surface area (TPSA) is 66.0 Å². The van der Waals surface area contributed by atoms with Crippen molar-refractivity contribution in [2.75, 3.05) is 33.8 Å². The van der Waals surface area contributed by atoms with Crippen LogP contribution in [0.3, 0.4) is 0 Å². The van der Waals surface area contributed by atoms with Gasteiger partial charge in [-0.3, -0.25) is 4.79 Å². The van der Waals surface area contributed by atoms with E-state index in [4.69, 9.17) is 4.74 Å². The van der Waals surface area contributed by atoms with Gasteiger partial charge in [-0.1, -0.05) is 24.3 Å². The van der Waals surface area contributed by atoms with Gasteiger partial charge in [-0.05, 0) is 30.5 Å². The second-order valence-electron chi connectivity index (χ2n) is 8.58. The van der Waals surface area contributed by atoms with Crippen LogP contribution in [0.1, 0.15) is 36.4 Å². The van der Waals surface area contributed by atoms with Gasteiger partial charge in [0.05, 0.1) is 12.6 Å². The maximum absolute atomic E-state index is 14.4. The number of fused-ring (bicyclic) bond motifs is 1. The van der Waals surface area contributed by atoms with Gasteiger partial charge in [0.2, 0.25) is 5.91 Å². The molecule has 1 aliphatic heterocycles. The molecule has 8 heteroatoms. The maximum Gasteiger partial charge on any atom is 0.243 e. The Kier molecular flexibility index (Phi) is 6.30. The highest BCUT2D eigenvalue weighted by molar-refractivity contribution is 5.85. The highest BCUT2D eigenvalue weighted by Gasteiger charge is 2.46. The monoisotopic (exact) mass is 442 g/mol. The van der Waals surface area contributed by atoms with Crippen LogP contribution in [0, 0.1) is 11.6 Å². The van der Waals surface area contributed by atoms with Crippen molar-refractivity contribution >= 4 is 11.9 Å². The minimum absolute atomic E-state index is 0.00882. The molecule has 170 valence electrons. The van der Waals surface area contributed by atoms with Crippen molar-refractivity contribution in [3.63, 3.8) is 0 Å². The SMILES string of the molecule is CN(C)C(=O)CN=C(NCC1(c2ccc(F)cc2F)CC1)NC1CCOc2ccccc21. The molecule has 1 atom stereocenters. The number of nitrogens with one attached hydrogen (secondary N) is 2. The molecular weight excluding hydrogens is 414 g/mol. The first-order valence-corrected chi connectivity index (χ1v) is 10.8. The van der Waals surface area contributed by atoms with E-state index in [9.17, 15) is 13.6 Å². The van der Waals surface area contributed by atoms with Crippen LogP contribution in [0.2, 0.25) is 0 Å². The summed E-state index contributed by atoms with van der Waals surface area (Å²) in [5.74, 6) is 0.0723. The molecule has 0 saturated heterocycles. The van der Waals surface area contributed by atoms with Crippen molar-refractivity contribution < 1.29 is 18.3 Å². The number of hydrogen-bond acceptors (Lipinski definition) is 3. The first kappa shape index (κ1) is 22.0. The number of nitrogens with zero attached hydrogens (tertiary/aromatic N) is 2. The van der Waals surface area contributed by atoms with Crippen LogP contribution in [0.4, 0.5) is 8.78 Å². The summed E-state index contributed by atoms with van der Waals surface area (Å²) in [5, 5.41) is 6.72. The van der Waals surface area contributed by atoms with Crippen molar-refractivity contribution in [3.05, 3.63) is 65.2 Å². The van der Waals surface area contributed by atoms with Crippen molar-refractivity contribution in [3.8, 4) is 5.75 Å². The second-order valence-corrected chi connectivity index (χ2v) is 8.58. The molecule has 0 spiro atoms. The smallest absolute Gasteiger partial charge is 0.243 e. The van der Waals surface area contributed by atoms with E-state index in [1.807, 2.05) is 24.3 Å². The summed E-state index contributed by atoms with van der Waals surface area (Å²) in [7, 11) is 3.37. The highest BCUT2D eigenvalue weighted by atomic mass is 19.1. The molecule has 1 unspecified atom stereocenters. The summed E-state index contributed by atoms with van der Waals surface area (Å²) in [4.78, 5) is 18.1. The molecule has 2 N–H and O–H groups in total. The lowest BCUT2D eigenvalue weighted by atomic mass is 9.95. The van der Waals surface area contributed by atoms with Gasteiger partial charge in [0.1, 0.15) is 23.9 Å². The third-order valence-corrected chi connectivity index (χ3v) is 6.09. The fourth-order valence-corrected chi connectivity index (χ4v) is 3.96. The summed E-state index contributed by atoms with van der Waals surface area (Å²) in [6, 6.07) is 11.5. The molecule has 0 bridgehead atoms. The number of aliphatic imine (C=N–C) groups is 1. The Morgan fingerprint density at radius 1 is 1.22 bits per heavy atom. The van der Waals surface area contributed by atoms with Crippen LogP contribution in [0.25, 0.3) is 0 Å². The second kappa shape index (κ2) is 9.14. The van der Waals surface area contributed by atoms with Crippen LogP contribution in [-0.4, -0.2) is 50.6 Å². The fourth-order valence-electron chi connectivity index (χ4n) is 3.96. The number of guanidine groups is 1. The van der Waals surface area contributed by atoms with Crippen LogP contribution in [-0.2, 0) is 10.2 Å². The third kappa shape index (κ3) is 4.84. The van der Waals surface area contributed by atoms with E-state index in [0.29, 0.717) is 24.7 Å². The lowest BCUT2D eigenvalue weighted by Gasteiger charge is -2.29. The Morgan fingerprint density at radius 2 is 2.00 bits per heavy atom. The minimum atomic E-state index is -0.584. The van der Waals surface area contributed by atoms with Crippen LogP contribution < -0.4 is 15.4 Å². The van der Waals surface area contributed by atoms with E-state index in [-0.39, 0.29) is 18.5 Å². The van der Waals surface area contributed by atoms with E-state index in [2.05, 4.69) is 15.6 Å². The van der Waals surface area contributed by atoms with Gasteiger partial charge in [0.25, 0.3) is 0 Å². The molecule has 1 heterocycles. The van der Waals surface area contributed by atoms with E-state index in [1.54, 1.807) is 14.1 Å². The predicted octanol–water partition coefficient (Wildman–Crippen LogP) is 3.14. The fraction of sp³-hybridized carbons (Fsp3) is 0.417. The minimum Gasteiger partial charge on any atom is -0.493 e. The highest BCUT2D eigenvalue weighted by Crippen LogP contribution is 2.48. The molecule has 2 aromatic rings. The van der Waals surface area contributed by atoms with Crippen molar-refractivity contribution in [2.24, 2.45) is 4.99 Å². The number of benzene rings is 2. The van der Waals surface area contributed by atoms with Gasteiger partial charge >= 0.3 is 0 Å². The van der Waals surface area contributed by atoms with Gasteiger partial charge in [0, 0.05) is 44.1 Å². The van der Waals surface area contributed by atoms with E-state index in [0.717, 1.165) is 36.6 Å².